The van der Waals surface area contributed by atoms with E-state index in [1.165, 1.54) is 18.2 Å². The lowest BCUT2D eigenvalue weighted by atomic mass is 9.92. The molecule has 2 saturated carbocycles. The van der Waals surface area contributed by atoms with Crippen molar-refractivity contribution < 1.29 is 27.9 Å². The predicted octanol–water partition coefficient (Wildman–Crippen LogP) is 5.97. The Kier molecular flexibility index (Phi) is 5.45. The van der Waals surface area contributed by atoms with Gasteiger partial charge in [0.05, 0.1) is 28.8 Å². The Morgan fingerprint density at radius 3 is 2.37 bits per heavy atom. The average molecular weight is 483 g/mol. The van der Waals surface area contributed by atoms with Crippen LogP contribution >= 0.6 is 0 Å². The summed E-state index contributed by atoms with van der Waals surface area (Å²) in [7, 11) is 0. The molecule has 1 aromatic heterocycles. The Morgan fingerprint density at radius 2 is 1.83 bits per heavy atom. The SMILES string of the molecule is Cc1cc(NC(=O)C2(c3ccc(C(F)(F)F)cc3)CC2)cc(C(=O)O)c1-c1cnn(C2CCC2)c1. The van der Waals surface area contributed by atoms with Gasteiger partial charge in [-0.25, -0.2) is 4.79 Å². The van der Waals surface area contributed by atoms with Crippen LogP contribution in [0.15, 0.2) is 48.8 Å². The van der Waals surface area contributed by atoms with Gasteiger partial charge in [0.2, 0.25) is 5.91 Å². The number of alkyl halides is 3. The minimum absolute atomic E-state index is 0.0489. The molecule has 2 aliphatic carbocycles. The Morgan fingerprint density at radius 1 is 1.14 bits per heavy atom. The maximum absolute atomic E-state index is 13.2. The molecule has 9 heteroatoms. The molecule has 182 valence electrons. The van der Waals surface area contributed by atoms with Crippen molar-refractivity contribution in [3.63, 3.8) is 0 Å². The number of nitrogens with zero attached hydrogens (tertiary/aromatic N) is 2. The average Bonchev–Trinajstić information content (AvgIpc) is 3.45. The zero-order chi connectivity index (χ0) is 25.0. The van der Waals surface area contributed by atoms with Crippen LogP contribution in [-0.2, 0) is 16.4 Å². The number of carboxylic acid groups (broad SMARTS) is 1. The largest absolute Gasteiger partial charge is 0.478 e. The van der Waals surface area contributed by atoms with Gasteiger partial charge < -0.3 is 10.4 Å². The molecule has 0 unspecified atom stereocenters. The van der Waals surface area contributed by atoms with Gasteiger partial charge in [0.15, 0.2) is 0 Å². The number of amides is 1. The number of benzene rings is 2. The highest BCUT2D eigenvalue weighted by molar-refractivity contribution is 6.04. The lowest BCUT2D eigenvalue weighted by Crippen LogP contribution is -2.28. The van der Waals surface area contributed by atoms with E-state index in [1.54, 1.807) is 19.2 Å². The van der Waals surface area contributed by atoms with Gasteiger partial charge >= 0.3 is 12.1 Å². The van der Waals surface area contributed by atoms with Crippen molar-refractivity contribution in [3.8, 4) is 11.1 Å². The Bertz CT molecular complexity index is 1300. The molecule has 2 aliphatic rings. The van der Waals surface area contributed by atoms with Crippen molar-refractivity contribution in [3.05, 3.63) is 71.0 Å². The first kappa shape index (κ1) is 23.1. The van der Waals surface area contributed by atoms with E-state index < -0.39 is 23.1 Å². The molecule has 2 N–H and O–H groups in total. The third-order valence-electron chi connectivity index (χ3n) is 7.11. The third-order valence-corrected chi connectivity index (χ3v) is 7.11. The number of hydrogen-bond acceptors (Lipinski definition) is 3. The predicted molar refractivity (Wildman–Crippen MR) is 123 cm³/mol. The number of carbonyl (C=O) groups is 2. The molecule has 35 heavy (non-hydrogen) atoms. The Balaban J connectivity index is 1.41. The van der Waals surface area contributed by atoms with E-state index in [0.717, 1.165) is 31.4 Å². The smallest absolute Gasteiger partial charge is 0.416 e. The molecule has 2 fully saturated rings. The highest BCUT2D eigenvalue weighted by Crippen LogP contribution is 2.49. The van der Waals surface area contributed by atoms with Crippen molar-refractivity contribution in [2.75, 3.05) is 5.32 Å². The van der Waals surface area contributed by atoms with E-state index in [1.807, 2.05) is 10.9 Å². The zero-order valence-corrected chi connectivity index (χ0v) is 19.0. The number of aryl methyl sites for hydroxylation is 1. The first-order valence-electron chi connectivity index (χ1n) is 11.5. The van der Waals surface area contributed by atoms with Crippen LogP contribution in [0.1, 0.15) is 65.2 Å². The van der Waals surface area contributed by atoms with E-state index in [-0.39, 0.29) is 11.5 Å². The van der Waals surface area contributed by atoms with Crippen molar-refractivity contribution in [1.29, 1.82) is 0 Å². The lowest BCUT2D eigenvalue weighted by molar-refractivity contribution is -0.137. The second-order valence-corrected chi connectivity index (χ2v) is 9.43. The second-order valence-electron chi connectivity index (χ2n) is 9.43. The fraction of sp³-hybridized carbons (Fsp3) is 0.346. The summed E-state index contributed by atoms with van der Waals surface area (Å²) in [6.45, 7) is 1.78. The van der Waals surface area contributed by atoms with E-state index in [4.69, 9.17) is 0 Å². The summed E-state index contributed by atoms with van der Waals surface area (Å²) in [5.74, 6) is -1.49. The van der Waals surface area contributed by atoms with Crippen LogP contribution in [0, 0.1) is 6.92 Å². The molecule has 1 amide bonds. The molecular formula is C26H24F3N3O3. The molecule has 0 aliphatic heterocycles. The zero-order valence-electron chi connectivity index (χ0n) is 19.0. The molecule has 0 spiro atoms. The minimum atomic E-state index is -4.45. The van der Waals surface area contributed by atoms with Crippen LogP contribution in [0.4, 0.5) is 18.9 Å². The summed E-state index contributed by atoms with van der Waals surface area (Å²) in [5, 5.41) is 17.1. The van der Waals surface area contributed by atoms with Crippen molar-refractivity contribution in [1.82, 2.24) is 9.78 Å². The van der Waals surface area contributed by atoms with Crippen molar-refractivity contribution in [2.24, 2.45) is 0 Å². The molecule has 0 atom stereocenters. The molecular weight excluding hydrogens is 459 g/mol. The summed E-state index contributed by atoms with van der Waals surface area (Å²) in [5.41, 5.74) is 1.13. The van der Waals surface area contributed by atoms with Crippen LogP contribution in [0.5, 0.6) is 0 Å². The normalized spacial score (nSPS) is 17.0. The summed E-state index contributed by atoms with van der Waals surface area (Å²) in [6, 6.07) is 8.12. The van der Waals surface area contributed by atoms with Crippen molar-refractivity contribution in [2.45, 2.75) is 56.7 Å². The number of hydrogen-bond donors (Lipinski definition) is 2. The number of aromatic nitrogens is 2. The topological polar surface area (TPSA) is 84.2 Å². The summed E-state index contributed by atoms with van der Waals surface area (Å²) in [4.78, 5) is 25.3. The molecule has 3 aromatic rings. The number of rotatable bonds is 6. The van der Waals surface area contributed by atoms with Crippen LogP contribution in [0.2, 0.25) is 0 Å². The van der Waals surface area contributed by atoms with Crippen LogP contribution in [-0.4, -0.2) is 26.8 Å². The molecule has 6 nitrogen and oxygen atoms in total. The highest BCUT2D eigenvalue weighted by atomic mass is 19.4. The molecule has 0 saturated heterocycles. The number of carbonyl (C=O) groups excluding carboxylic acids is 1. The number of halogens is 3. The molecule has 0 bridgehead atoms. The quantitative estimate of drug-likeness (QED) is 0.452. The van der Waals surface area contributed by atoms with Gasteiger partial charge in [-0.3, -0.25) is 9.48 Å². The molecule has 1 heterocycles. The Labute approximate surface area is 199 Å². The van der Waals surface area contributed by atoms with Gasteiger partial charge in [0.1, 0.15) is 0 Å². The summed E-state index contributed by atoms with van der Waals surface area (Å²) < 4.78 is 40.6. The number of nitrogens with one attached hydrogen (secondary N) is 1. The van der Waals surface area contributed by atoms with E-state index >= 15 is 0 Å². The highest BCUT2D eigenvalue weighted by Gasteiger charge is 2.51. The van der Waals surface area contributed by atoms with Crippen LogP contribution < -0.4 is 5.32 Å². The fourth-order valence-electron chi connectivity index (χ4n) is 4.73. The van der Waals surface area contributed by atoms with Gasteiger partial charge in [-0.1, -0.05) is 12.1 Å². The van der Waals surface area contributed by atoms with Crippen LogP contribution in [0.25, 0.3) is 11.1 Å². The fourth-order valence-corrected chi connectivity index (χ4v) is 4.73. The van der Waals surface area contributed by atoms with Crippen molar-refractivity contribution >= 4 is 17.6 Å². The van der Waals surface area contributed by atoms with Gasteiger partial charge in [0.25, 0.3) is 0 Å². The summed E-state index contributed by atoms with van der Waals surface area (Å²) >= 11 is 0. The number of carboxylic acids is 1. The number of aromatic carboxylic acids is 1. The number of anilines is 1. The minimum Gasteiger partial charge on any atom is -0.478 e. The Hall–Kier alpha value is -3.62. The van der Waals surface area contributed by atoms with Crippen LogP contribution in [0.3, 0.4) is 0 Å². The van der Waals surface area contributed by atoms with Gasteiger partial charge in [-0.2, -0.15) is 18.3 Å². The van der Waals surface area contributed by atoms with Gasteiger partial charge in [-0.05, 0) is 74.4 Å². The lowest BCUT2D eigenvalue weighted by Gasteiger charge is -2.25. The maximum atomic E-state index is 13.2. The second kappa shape index (κ2) is 8.25. The van der Waals surface area contributed by atoms with Gasteiger partial charge in [0, 0.05) is 23.0 Å². The standard InChI is InChI=1S/C26H24F3N3O3/c1-15-11-19(12-21(23(33)34)22(15)16-13-30-32(14-16)20-3-2-4-20)31-24(35)25(9-10-25)17-5-7-18(8-6-17)26(27,28)29/h5-8,11-14,20H,2-4,9-10H2,1H3,(H,31,35)(H,33,34). The van der Waals surface area contributed by atoms with E-state index in [9.17, 15) is 27.9 Å². The molecule has 0 radical (unpaired) electrons. The third kappa shape index (κ3) is 4.19. The van der Waals surface area contributed by atoms with E-state index in [0.29, 0.717) is 46.8 Å². The maximum Gasteiger partial charge on any atom is 0.416 e. The molecule has 2 aromatic carbocycles. The first-order chi connectivity index (χ1) is 16.6. The monoisotopic (exact) mass is 483 g/mol. The summed E-state index contributed by atoms with van der Waals surface area (Å²) in [6.07, 6.45) is 3.35. The van der Waals surface area contributed by atoms with Gasteiger partial charge in [-0.15, -0.1) is 0 Å². The van der Waals surface area contributed by atoms with E-state index in [2.05, 4.69) is 10.4 Å². The molecule has 5 rings (SSSR count). The first-order valence-corrected chi connectivity index (χ1v) is 11.5.